The Bertz CT molecular complexity index is 827. The zero-order valence-corrected chi connectivity index (χ0v) is 14.5. The lowest BCUT2D eigenvalue weighted by molar-refractivity contribution is 0.0990. The number of hydrogen-bond acceptors (Lipinski definition) is 4. The Balaban J connectivity index is 2.08. The molecule has 0 saturated carbocycles. The van der Waals surface area contributed by atoms with Gasteiger partial charge >= 0.3 is 0 Å². The highest BCUT2D eigenvalue weighted by Crippen LogP contribution is 2.36. The van der Waals surface area contributed by atoms with E-state index < -0.39 is 0 Å². The highest BCUT2D eigenvalue weighted by molar-refractivity contribution is 6.41. The summed E-state index contributed by atoms with van der Waals surface area (Å²) in [7, 11) is 1.57. The zero-order chi connectivity index (χ0) is 18.0. The molecule has 4 nitrogen and oxygen atoms in total. The minimum atomic E-state index is -0.252. The Morgan fingerprint density at radius 3 is 2.20 bits per heavy atom. The first-order valence-corrected chi connectivity index (χ1v) is 8.30. The molecule has 0 bridgehead atoms. The summed E-state index contributed by atoms with van der Waals surface area (Å²) < 4.78 is 11.4. The summed E-state index contributed by atoms with van der Waals surface area (Å²) in [6.07, 6.45) is 2.42. The lowest BCUT2D eigenvalue weighted by atomic mass is 10.1. The average Bonchev–Trinajstić information content (AvgIpc) is 2.88. The van der Waals surface area contributed by atoms with Crippen molar-refractivity contribution in [2.24, 2.45) is 0 Å². The van der Waals surface area contributed by atoms with Gasteiger partial charge in [0.15, 0.2) is 23.1 Å². The van der Waals surface area contributed by atoms with Crippen molar-refractivity contribution in [1.82, 2.24) is 0 Å². The van der Waals surface area contributed by atoms with E-state index in [0.717, 1.165) is 6.42 Å². The van der Waals surface area contributed by atoms with Gasteiger partial charge < -0.3 is 9.47 Å². The number of allylic oxidation sites excluding steroid dienone is 1. The molecule has 0 amide bonds. The number of fused-ring (bicyclic) bond motifs is 1. The molecule has 0 aromatic heterocycles. The molecule has 1 aliphatic rings. The van der Waals surface area contributed by atoms with Crippen LogP contribution in [-0.4, -0.2) is 24.8 Å². The summed E-state index contributed by atoms with van der Waals surface area (Å²) in [6.45, 7) is 3.99. The van der Waals surface area contributed by atoms with Gasteiger partial charge in [-0.15, -0.1) is 0 Å². The third-order valence-corrected chi connectivity index (χ3v) is 4.33. The molecular formula is C21H20O4. The van der Waals surface area contributed by atoms with E-state index in [-0.39, 0.29) is 23.2 Å². The number of ketones is 2. The van der Waals surface area contributed by atoms with E-state index in [1.165, 1.54) is 0 Å². The van der Waals surface area contributed by atoms with Gasteiger partial charge in [-0.25, -0.2) is 0 Å². The Labute approximate surface area is 147 Å². The molecule has 0 fully saturated rings. The summed E-state index contributed by atoms with van der Waals surface area (Å²) in [6, 6.07) is 12.3. The first-order chi connectivity index (χ1) is 12.1. The van der Waals surface area contributed by atoms with Crippen LogP contribution in [0.1, 0.15) is 46.5 Å². The van der Waals surface area contributed by atoms with E-state index in [1.54, 1.807) is 43.5 Å². The molecule has 1 atom stereocenters. The molecule has 2 aromatic rings. The van der Waals surface area contributed by atoms with Crippen LogP contribution in [0.25, 0.3) is 6.08 Å². The van der Waals surface area contributed by atoms with Gasteiger partial charge in [0.05, 0.1) is 18.8 Å². The maximum Gasteiger partial charge on any atom is 0.197 e. The lowest BCUT2D eigenvalue weighted by Crippen LogP contribution is -2.11. The van der Waals surface area contributed by atoms with E-state index in [4.69, 9.17) is 9.47 Å². The highest BCUT2D eigenvalue weighted by atomic mass is 16.5. The molecule has 0 N–H and O–H groups in total. The second kappa shape index (κ2) is 6.93. The third-order valence-electron chi connectivity index (χ3n) is 4.33. The molecule has 2 aromatic carbocycles. The van der Waals surface area contributed by atoms with Crippen molar-refractivity contribution in [1.29, 1.82) is 0 Å². The monoisotopic (exact) mass is 336 g/mol. The van der Waals surface area contributed by atoms with Crippen molar-refractivity contribution >= 4 is 17.6 Å². The summed E-state index contributed by atoms with van der Waals surface area (Å²) in [5.41, 5.74) is 1.71. The number of carbonyl (C=O) groups is 2. The molecule has 0 heterocycles. The fourth-order valence-electron chi connectivity index (χ4n) is 2.78. The van der Waals surface area contributed by atoms with Crippen LogP contribution < -0.4 is 9.47 Å². The SMILES string of the molecule is CC[C@@H](C)Oc1c(C=C2C(=O)c3ccccc3C2=O)cccc1OC. The van der Waals surface area contributed by atoms with Crippen molar-refractivity contribution in [2.75, 3.05) is 7.11 Å². The smallest absolute Gasteiger partial charge is 0.197 e. The Morgan fingerprint density at radius 2 is 1.64 bits per heavy atom. The molecule has 1 aliphatic carbocycles. The molecule has 0 aliphatic heterocycles. The van der Waals surface area contributed by atoms with Crippen LogP contribution in [0, 0.1) is 0 Å². The average molecular weight is 336 g/mol. The maximum absolute atomic E-state index is 12.6. The minimum absolute atomic E-state index is 0.0133. The standard InChI is InChI=1S/C21H20O4/c1-4-13(2)25-21-14(8-7-11-18(21)24-3)12-17-19(22)15-9-5-6-10-16(15)20(17)23/h5-13H,4H2,1-3H3/t13-/m1/s1. The predicted octanol–water partition coefficient (Wildman–Crippen LogP) is 4.34. The van der Waals surface area contributed by atoms with Crippen LogP contribution in [0.2, 0.25) is 0 Å². The number of para-hydroxylation sites is 1. The van der Waals surface area contributed by atoms with Gasteiger partial charge in [-0.2, -0.15) is 0 Å². The van der Waals surface area contributed by atoms with Crippen LogP contribution in [0.3, 0.4) is 0 Å². The normalized spacial score (nSPS) is 14.3. The van der Waals surface area contributed by atoms with Crippen LogP contribution >= 0.6 is 0 Å². The van der Waals surface area contributed by atoms with Crippen molar-refractivity contribution in [3.63, 3.8) is 0 Å². The second-order valence-corrected chi connectivity index (χ2v) is 5.98. The van der Waals surface area contributed by atoms with Crippen molar-refractivity contribution in [3.8, 4) is 11.5 Å². The molecule has 4 heteroatoms. The maximum atomic E-state index is 12.6. The van der Waals surface area contributed by atoms with E-state index in [0.29, 0.717) is 28.2 Å². The van der Waals surface area contributed by atoms with Gasteiger partial charge in [0.2, 0.25) is 0 Å². The largest absolute Gasteiger partial charge is 0.493 e. The number of hydrogen-bond donors (Lipinski definition) is 0. The molecule has 25 heavy (non-hydrogen) atoms. The summed E-state index contributed by atoms with van der Waals surface area (Å²) in [5, 5.41) is 0. The topological polar surface area (TPSA) is 52.6 Å². The van der Waals surface area contributed by atoms with Gasteiger partial charge in [-0.3, -0.25) is 9.59 Å². The van der Waals surface area contributed by atoms with Crippen LogP contribution in [0.15, 0.2) is 48.0 Å². The second-order valence-electron chi connectivity index (χ2n) is 5.98. The Kier molecular flexibility index (Phi) is 4.70. The van der Waals surface area contributed by atoms with Crippen molar-refractivity contribution in [2.45, 2.75) is 26.4 Å². The Hall–Kier alpha value is -2.88. The quantitative estimate of drug-likeness (QED) is 0.602. The van der Waals surface area contributed by atoms with E-state index >= 15 is 0 Å². The number of methoxy groups -OCH3 is 1. The van der Waals surface area contributed by atoms with Crippen LogP contribution in [0.4, 0.5) is 0 Å². The number of carbonyl (C=O) groups excluding carboxylic acids is 2. The molecular weight excluding hydrogens is 316 g/mol. The van der Waals surface area contributed by atoms with Crippen molar-refractivity contribution < 1.29 is 19.1 Å². The summed E-state index contributed by atoms with van der Waals surface area (Å²) in [4.78, 5) is 25.2. The van der Waals surface area contributed by atoms with Gasteiger partial charge in [0, 0.05) is 16.7 Å². The fraction of sp³-hybridized carbons (Fsp3) is 0.238. The molecule has 0 spiro atoms. The third kappa shape index (κ3) is 3.07. The molecule has 0 radical (unpaired) electrons. The summed E-state index contributed by atoms with van der Waals surface area (Å²) in [5.74, 6) is 0.615. The summed E-state index contributed by atoms with van der Waals surface area (Å²) >= 11 is 0. The predicted molar refractivity (Wildman–Crippen MR) is 96.5 cm³/mol. The zero-order valence-electron chi connectivity index (χ0n) is 14.5. The van der Waals surface area contributed by atoms with Gasteiger partial charge in [0.1, 0.15) is 0 Å². The van der Waals surface area contributed by atoms with Gasteiger partial charge in [-0.05, 0) is 25.5 Å². The van der Waals surface area contributed by atoms with E-state index in [9.17, 15) is 9.59 Å². The number of rotatable bonds is 5. The van der Waals surface area contributed by atoms with Gasteiger partial charge in [-0.1, -0.05) is 43.3 Å². The first-order valence-electron chi connectivity index (χ1n) is 8.30. The van der Waals surface area contributed by atoms with E-state index in [1.807, 2.05) is 26.0 Å². The van der Waals surface area contributed by atoms with Crippen LogP contribution in [0.5, 0.6) is 11.5 Å². The molecule has 0 saturated heterocycles. The first kappa shape index (κ1) is 17.0. The lowest BCUT2D eigenvalue weighted by Gasteiger charge is -2.17. The van der Waals surface area contributed by atoms with Gasteiger partial charge in [0.25, 0.3) is 0 Å². The number of Topliss-reactive ketones (excluding diaryl/α,β-unsaturated/α-hetero) is 2. The minimum Gasteiger partial charge on any atom is -0.493 e. The van der Waals surface area contributed by atoms with E-state index in [2.05, 4.69) is 0 Å². The number of ether oxygens (including phenoxy) is 2. The fourth-order valence-corrected chi connectivity index (χ4v) is 2.78. The highest BCUT2D eigenvalue weighted by Gasteiger charge is 2.32. The molecule has 0 unspecified atom stereocenters. The molecule has 128 valence electrons. The number of benzene rings is 2. The molecule has 3 rings (SSSR count). The van der Waals surface area contributed by atoms with Crippen LogP contribution in [-0.2, 0) is 0 Å². The van der Waals surface area contributed by atoms with Crippen molar-refractivity contribution in [3.05, 3.63) is 64.7 Å². The Morgan fingerprint density at radius 1 is 1.00 bits per heavy atom.